The molecule has 1 saturated carbocycles. The van der Waals surface area contributed by atoms with Crippen molar-refractivity contribution < 1.29 is 13.9 Å². The van der Waals surface area contributed by atoms with E-state index in [2.05, 4.69) is 5.32 Å². The smallest absolute Gasteiger partial charge is 0.308 e. The number of carbonyl (C=O) groups is 1. The first kappa shape index (κ1) is 14.3. The van der Waals surface area contributed by atoms with E-state index in [0.717, 1.165) is 25.7 Å². The molecule has 1 fully saturated rings. The SMILES string of the molecule is COC(=O)C1CCC(Nc2cc(F)cc(C#N)c2)CC1. The number of anilines is 1. The predicted molar refractivity (Wildman–Crippen MR) is 72.5 cm³/mol. The Bertz CT molecular complexity index is 531. The summed E-state index contributed by atoms with van der Waals surface area (Å²) in [5.41, 5.74) is 0.916. The number of nitrogens with one attached hydrogen (secondary N) is 1. The van der Waals surface area contributed by atoms with Gasteiger partial charge in [0.15, 0.2) is 0 Å². The van der Waals surface area contributed by atoms with Gasteiger partial charge in [0.05, 0.1) is 24.7 Å². The van der Waals surface area contributed by atoms with Crippen LogP contribution in [0.1, 0.15) is 31.2 Å². The van der Waals surface area contributed by atoms with Crippen molar-refractivity contribution in [1.29, 1.82) is 5.26 Å². The van der Waals surface area contributed by atoms with E-state index >= 15 is 0 Å². The summed E-state index contributed by atoms with van der Waals surface area (Å²) in [7, 11) is 1.41. The third kappa shape index (κ3) is 3.47. The molecule has 20 heavy (non-hydrogen) atoms. The van der Waals surface area contributed by atoms with Gasteiger partial charge >= 0.3 is 5.97 Å². The monoisotopic (exact) mass is 276 g/mol. The second kappa shape index (κ2) is 6.38. The van der Waals surface area contributed by atoms with Gasteiger partial charge < -0.3 is 10.1 Å². The number of benzene rings is 1. The first-order valence-corrected chi connectivity index (χ1v) is 6.67. The average Bonchev–Trinajstić information content (AvgIpc) is 2.46. The molecule has 0 aliphatic heterocycles. The number of halogens is 1. The van der Waals surface area contributed by atoms with Crippen LogP contribution < -0.4 is 5.32 Å². The van der Waals surface area contributed by atoms with Crippen molar-refractivity contribution >= 4 is 11.7 Å². The maximum Gasteiger partial charge on any atom is 0.308 e. The molecule has 0 amide bonds. The van der Waals surface area contributed by atoms with Crippen LogP contribution in [0.15, 0.2) is 18.2 Å². The van der Waals surface area contributed by atoms with E-state index in [1.807, 2.05) is 6.07 Å². The quantitative estimate of drug-likeness (QED) is 0.862. The molecule has 1 aromatic carbocycles. The fourth-order valence-corrected chi connectivity index (χ4v) is 2.61. The highest BCUT2D eigenvalue weighted by atomic mass is 19.1. The van der Waals surface area contributed by atoms with E-state index in [9.17, 15) is 9.18 Å². The van der Waals surface area contributed by atoms with Gasteiger partial charge in [-0.05, 0) is 43.9 Å². The number of nitrogens with zero attached hydrogens (tertiary/aromatic N) is 1. The van der Waals surface area contributed by atoms with Crippen molar-refractivity contribution in [2.24, 2.45) is 5.92 Å². The summed E-state index contributed by atoms with van der Waals surface area (Å²) in [5.74, 6) is -0.601. The van der Waals surface area contributed by atoms with Gasteiger partial charge in [-0.25, -0.2) is 4.39 Å². The summed E-state index contributed by atoms with van der Waals surface area (Å²) in [4.78, 5) is 11.4. The summed E-state index contributed by atoms with van der Waals surface area (Å²) < 4.78 is 18.1. The summed E-state index contributed by atoms with van der Waals surface area (Å²) >= 11 is 0. The Hall–Kier alpha value is -2.09. The van der Waals surface area contributed by atoms with E-state index in [0.29, 0.717) is 11.3 Å². The van der Waals surface area contributed by atoms with Crippen molar-refractivity contribution in [3.05, 3.63) is 29.6 Å². The molecule has 1 aliphatic rings. The van der Waals surface area contributed by atoms with E-state index in [1.165, 1.54) is 19.2 Å². The third-order valence-electron chi connectivity index (χ3n) is 3.66. The maximum atomic E-state index is 13.3. The lowest BCUT2D eigenvalue weighted by Gasteiger charge is -2.28. The fourth-order valence-electron chi connectivity index (χ4n) is 2.61. The molecule has 0 radical (unpaired) electrons. The predicted octanol–water partition coefficient (Wildman–Crippen LogP) is 2.84. The summed E-state index contributed by atoms with van der Waals surface area (Å²) in [6.07, 6.45) is 3.20. The molecule has 1 N–H and O–H groups in total. The van der Waals surface area contributed by atoms with Crippen LogP contribution in [0.4, 0.5) is 10.1 Å². The van der Waals surface area contributed by atoms with Gasteiger partial charge in [-0.1, -0.05) is 0 Å². The molecule has 4 nitrogen and oxygen atoms in total. The van der Waals surface area contributed by atoms with Crippen LogP contribution in [0.5, 0.6) is 0 Å². The molecule has 5 heteroatoms. The first-order valence-electron chi connectivity index (χ1n) is 6.67. The average molecular weight is 276 g/mol. The molecule has 0 bridgehead atoms. The number of ether oxygens (including phenoxy) is 1. The van der Waals surface area contributed by atoms with Crippen LogP contribution in [0.25, 0.3) is 0 Å². The normalized spacial score (nSPS) is 21.9. The summed E-state index contributed by atoms with van der Waals surface area (Å²) in [6.45, 7) is 0. The highest BCUT2D eigenvalue weighted by Gasteiger charge is 2.26. The summed E-state index contributed by atoms with van der Waals surface area (Å²) in [6, 6.07) is 6.36. The second-order valence-electron chi connectivity index (χ2n) is 5.06. The number of nitriles is 1. The first-order chi connectivity index (χ1) is 9.62. The Balaban J connectivity index is 1.94. The van der Waals surface area contributed by atoms with Gasteiger partial charge in [0, 0.05) is 11.7 Å². The highest BCUT2D eigenvalue weighted by molar-refractivity contribution is 5.72. The Morgan fingerprint density at radius 2 is 2.05 bits per heavy atom. The van der Waals surface area contributed by atoms with E-state index in [1.54, 1.807) is 6.07 Å². The number of carbonyl (C=O) groups excluding carboxylic acids is 1. The van der Waals surface area contributed by atoms with Crippen LogP contribution in [0, 0.1) is 23.1 Å². The van der Waals surface area contributed by atoms with Gasteiger partial charge in [0.1, 0.15) is 5.82 Å². The van der Waals surface area contributed by atoms with Crippen molar-refractivity contribution in [2.75, 3.05) is 12.4 Å². The number of hydrogen-bond donors (Lipinski definition) is 1. The molecule has 0 atom stereocenters. The van der Waals surface area contributed by atoms with Crippen molar-refractivity contribution in [2.45, 2.75) is 31.7 Å². The largest absolute Gasteiger partial charge is 0.469 e. The van der Waals surface area contributed by atoms with Crippen molar-refractivity contribution in [1.82, 2.24) is 0 Å². The van der Waals surface area contributed by atoms with Gasteiger partial charge in [0.2, 0.25) is 0 Å². The third-order valence-corrected chi connectivity index (χ3v) is 3.66. The van der Waals surface area contributed by atoms with Crippen molar-refractivity contribution in [3.63, 3.8) is 0 Å². The van der Waals surface area contributed by atoms with Gasteiger partial charge in [-0.15, -0.1) is 0 Å². The minimum absolute atomic E-state index is 0.0276. The van der Waals surface area contributed by atoms with Crippen molar-refractivity contribution in [3.8, 4) is 6.07 Å². The molecular formula is C15H17FN2O2. The topological polar surface area (TPSA) is 62.1 Å². The molecule has 0 spiro atoms. The molecule has 1 aromatic rings. The Labute approximate surface area is 117 Å². The lowest BCUT2D eigenvalue weighted by molar-refractivity contribution is -0.146. The zero-order chi connectivity index (χ0) is 14.5. The lowest BCUT2D eigenvalue weighted by atomic mass is 9.86. The van der Waals surface area contributed by atoms with Crippen LogP contribution in [-0.2, 0) is 9.53 Å². The molecule has 106 valence electrons. The maximum absolute atomic E-state index is 13.3. The number of esters is 1. The van der Waals surface area contributed by atoms with Gasteiger partial charge in [-0.2, -0.15) is 5.26 Å². The van der Waals surface area contributed by atoms with Gasteiger partial charge in [-0.3, -0.25) is 4.79 Å². The van der Waals surface area contributed by atoms with Crippen LogP contribution >= 0.6 is 0 Å². The zero-order valence-corrected chi connectivity index (χ0v) is 11.4. The Morgan fingerprint density at radius 3 is 2.65 bits per heavy atom. The molecule has 2 rings (SSSR count). The highest BCUT2D eigenvalue weighted by Crippen LogP contribution is 2.27. The van der Waals surface area contributed by atoms with Crippen LogP contribution in [-0.4, -0.2) is 19.1 Å². The fraction of sp³-hybridized carbons (Fsp3) is 0.467. The minimum Gasteiger partial charge on any atom is -0.469 e. The molecule has 0 aromatic heterocycles. The number of methoxy groups -OCH3 is 1. The molecule has 1 aliphatic carbocycles. The molecule has 0 heterocycles. The standard InChI is InChI=1S/C15H17FN2O2/c1-20-15(19)11-2-4-13(5-3-11)18-14-7-10(9-17)6-12(16)8-14/h6-8,11,13,18H,2-5H2,1H3. The van der Waals surface area contributed by atoms with Gasteiger partial charge in [0.25, 0.3) is 0 Å². The molecule has 0 unspecified atom stereocenters. The molecular weight excluding hydrogens is 259 g/mol. The van der Waals surface area contributed by atoms with E-state index < -0.39 is 5.82 Å². The summed E-state index contributed by atoms with van der Waals surface area (Å²) in [5, 5.41) is 12.1. The number of hydrogen-bond acceptors (Lipinski definition) is 4. The minimum atomic E-state index is -0.421. The second-order valence-corrected chi connectivity index (χ2v) is 5.06. The zero-order valence-electron chi connectivity index (χ0n) is 11.4. The lowest BCUT2D eigenvalue weighted by Crippen LogP contribution is -2.29. The number of rotatable bonds is 3. The van der Waals surface area contributed by atoms with Crippen LogP contribution in [0.3, 0.4) is 0 Å². The Kier molecular flexibility index (Phi) is 4.57. The van der Waals surface area contributed by atoms with Crippen LogP contribution in [0.2, 0.25) is 0 Å². The molecule has 0 saturated heterocycles. The van der Waals surface area contributed by atoms with E-state index in [-0.39, 0.29) is 17.9 Å². The van der Waals surface area contributed by atoms with E-state index in [4.69, 9.17) is 10.00 Å². The Morgan fingerprint density at radius 1 is 1.35 bits per heavy atom.